The first-order chi connectivity index (χ1) is 10.2. The number of thiazole rings is 1. The van der Waals surface area contributed by atoms with Crippen LogP contribution in [-0.2, 0) is 11.2 Å². The average molecular weight is 300 g/mol. The molecule has 3 aromatic rings. The minimum atomic E-state index is -0.695. The van der Waals surface area contributed by atoms with Crippen molar-refractivity contribution in [2.45, 2.75) is 12.5 Å². The van der Waals surface area contributed by atoms with E-state index in [9.17, 15) is 4.79 Å². The summed E-state index contributed by atoms with van der Waals surface area (Å²) >= 11 is 1.43. The maximum atomic E-state index is 11.9. The second-order valence-corrected chi connectivity index (χ2v) is 5.53. The number of hydrogen-bond acceptors (Lipinski definition) is 4. The number of carbonyl (C=O) groups is 1. The molecular weight excluding hydrogens is 284 g/mol. The molecule has 0 aliphatic rings. The Morgan fingerprint density at radius 2 is 2.29 bits per heavy atom. The third-order valence-electron chi connectivity index (χ3n) is 3.33. The van der Waals surface area contributed by atoms with Gasteiger partial charge < -0.3 is 16.0 Å². The van der Waals surface area contributed by atoms with Crippen molar-refractivity contribution in [3.05, 3.63) is 52.6 Å². The average Bonchev–Trinajstić information content (AvgIpc) is 3.15. The fraction of sp³-hybridized carbons (Fsp3) is 0.200. The van der Waals surface area contributed by atoms with Gasteiger partial charge in [-0.3, -0.25) is 4.79 Å². The largest absolute Gasteiger partial charge is 0.358 e. The Kier molecular flexibility index (Phi) is 3.98. The molecule has 0 spiro atoms. The minimum Gasteiger partial charge on any atom is -0.358 e. The number of H-pyrrole nitrogens is 1. The van der Waals surface area contributed by atoms with Gasteiger partial charge in [-0.25, -0.2) is 4.98 Å². The zero-order valence-corrected chi connectivity index (χ0v) is 12.2. The highest BCUT2D eigenvalue weighted by Crippen LogP contribution is 2.15. The molecule has 1 atom stereocenters. The highest BCUT2D eigenvalue weighted by atomic mass is 32.1. The highest BCUT2D eigenvalue weighted by Gasteiger charge is 2.16. The molecule has 1 amide bonds. The van der Waals surface area contributed by atoms with E-state index in [0.717, 1.165) is 17.6 Å². The fourth-order valence-corrected chi connectivity index (χ4v) is 2.80. The molecule has 3 rings (SSSR count). The molecule has 4 N–H and O–H groups in total. The molecule has 1 aromatic carbocycles. The zero-order valence-electron chi connectivity index (χ0n) is 11.4. The van der Waals surface area contributed by atoms with E-state index in [0.29, 0.717) is 12.2 Å². The Labute approximate surface area is 126 Å². The van der Waals surface area contributed by atoms with E-state index in [2.05, 4.69) is 27.4 Å². The first-order valence-electron chi connectivity index (χ1n) is 6.72. The highest BCUT2D eigenvalue weighted by molar-refractivity contribution is 7.07. The first-order valence-corrected chi connectivity index (χ1v) is 7.66. The summed E-state index contributed by atoms with van der Waals surface area (Å²) in [6.45, 7) is 0.545. The molecule has 2 aromatic heterocycles. The lowest BCUT2D eigenvalue weighted by molar-refractivity contribution is -0.122. The monoisotopic (exact) mass is 300 g/mol. The zero-order chi connectivity index (χ0) is 14.7. The summed E-state index contributed by atoms with van der Waals surface area (Å²) < 4.78 is 0. The van der Waals surface area contributed by atoms with Gasteiger partial charge >= 0.3 is 0 Å². The summed E-state index contributed by atoms with van der Waals surface area (Å²) in [5, 5.41) is 5.82. The topological polar surface area (TPSA) is 83.8 Å². The Balaban J connectivity index is 1.55. The van der Waals surface area contributed by atoms with E-state index in [1.165, 1.54) is 16.7 Å². The number of para-hydroxylation sites is 1. The Bertz CT molecular complexity index is 702. The van der Waals surface area contributed by atoms with Gasteiger partial charge in [-0.05, 0) is 17.5 Å². The number of nitrogens with zero attached hydrogens (tertiary/aromatic N) is 1. The van der Waals surface area contributed by atoms with Crippen LogP contribution in [0.3, 0.4) is 0 Å². The van der Waals surface area contributed by atoms with E-state index >= 15 is 0 Å². The summed E-state index contributed by atoms with van der Waals surface area (Å²) in [6.07, 6.45) is 0.740. The number of amides is 1. The molecule has 6 heteroatoms. The van der Waals surface area contributed by atoms with E-state index < -0.39 is 6.04 Å². The van der Waals surface area contributed by atoms with Crippen LogP contribution in [0.2, 0.25) is 0 Å². The number of aromatic nitrogens is 2. The summed E-state index contributed by atoms with van der Waals surface area (Å²) in [5.41, 5.74) is 10.3. The van der Waals surface area contributed by atoms with Gasteiger partial charge in [0.15, 0.2) is 0 Å². The number of aromatic amines is 1. The van der Waals surface area contributed by atoms with Gasteiger partial charge in [0.25, 0.3) is 0 Å². The molecule has 0 saturated heterocycles. The van der Waals surface area contributed by atoms with E-state index in [4.69, 9.17) is 5.73 Å². The Hall–Kier alpha value is -2.18. The van der Waals surface area contributed by atoms with Crippen LogP contribution in [0, 0.1) is 0 Å². The van der Waals surface area contributed by atoms with Gasteiger partial charge in [-0.1, -0.05) is 18.2 Å². The molecule has 1 unspecified atom stereocenters. The molecule has 0 bridgehead atoms. The number of carbonyl (C=O) groups excluding carboxylic acids is 1. The summed E-state index contributed by atoms with van der Waals surface area (Å²) in [7, 11) is 0. The van der Waals surface area contributed by atoms with Crippen LogP contribution in [0.25, 0.3) is 10.9 Å². The smallest absolute Gasteiger partial charge is 0.243 e. The summed E-state index contributed by atoms with van der Waals surface area (Å²) in [5.74, 6) is -0.197. The van der Waals surface area contributed by atoms with Crippen LogP contribution in [0.4, 0.5) is 0 Å². The van der Waals surface area contributed by atoms with Crippen molar-refractivity contribution in [1.82, 2.24) is 15.3 Å². The van der Waals surface area contributed by atoms with Crippen molar-refractivity contribution in [3.63, 3.8) is 0 Å². The van der Waals surface area contributed by atoms with Crippen LogP contribution >= 0.6 is 11.3 Å². The molecule has 5 nitrogen and oxygen atoms in total. The van der Waals surface area contributed by atoms with Crippen LogP contribution in [-0.4, -0.2) is 22.4 Å². The first kappa shape index (κ1) is 13.8. The predicted molar refractivity (Wildman–Crippen MR) is 84.1 cm³/mol. The second-order valence-electron chi connectivity index (χ2n) is 4.81. The van der Waals surface area contributed by atoms with Crippen molar-refractivity contribution in [3.8, 4) is 0 Å². The molecule has 21 heavy (non-hydrogen) atoms. The van der Waals surface area contributed by atoms with Crippen molar-refractivity contribution >= 4 is 28.1 Å². The van der Waals surface area contributed by atoms with Gasteiger partial charge in [0.1, 0.15) is 6.04 Å². The Morgan fingerprint density at radius 3 is 3.05 bits per heavy atom. The maximum Gasteiger partial charge on any atom is 0.243 e. The molecule has 2 heterocycles. The van der Waals surface area contributed by atoms with Gasteiger partial charge in [0.2, 0.25) is 5.91 Å². The quantitative estimate of drug-likeness (QED) is 0.673. The standard InChI is InChI=1S/C15H16N4OS/c16-14(13-8-21-9-18-13)15(20)17-6-5-11-7-10-3-1-2-4-12(10)19-11/h1-4,7-9,14,19H,5-6,16H2,(H,17,20). The van der Waals surface area contributed by atoms with Crippen molar-refractivity contribution < 1.29 is 4.79 Å². The van der Waals surface area contributed by atoms with E-state index in [1.807, 2.05) is 18.2 Å². The van der Waals surface area contributed by atoms with Crippen molar-refractivity contribution in [2.75, 3.05) is 6.54 Å². The third kappa shape index (κ3) is 3.12. The fourth-order valence-electron chi connectivity index (χ4n) is 2.21. The van der Waals surface area contributed by atoms with Crippen LogP contribution in [0.5, 0.6) is 0 Å². The normalized spacial score (nSPS) is 12.4. The van der Waals surface area contributed by atoms with Gasteiger partial charge in [0.05, 0.1) is 11.2 Å². The van der Waals surface area contributed by atoms with Crippen molar-refractivity contribution in [1.29, 1.82) is 0 Å². The lowest BCUT2D eigenvalue weighted by Crippen LogP contribution is -2.35. The molecule has 0 radical (unpaired) electrons. The predicted octanol–water partition coefficient (Wildman–Crippen LogP) is 1.98. The number of nitrogens with two attached hydrogens (primary N) is 1. The van der Waals surface area contributed by atoms with Gasteiger partial charge in [0, 0.05) is 29.6 Å². The lowest BCUT2D eigenvalue weighted by atomic mass is 10.2. The van der Waals surface area contributed by atoms with Crippen LogP contribution in [0.1, 0.15) is 17.4 Å². The molecule has 0 aliphatic heterocycles. The van der Waals surface area contributed by atoms with Crippen LogP contribution in [0.15, 0.2) is 41.2 Å². The second kappa shape index (κ2) is 6.07. The molecule has 0 aliphatic carbocycles. The molecule has 108 valence electrons. The number of hydrogen-bond donors (Lipinski definition) is 3. The molecule has 0 saturated carbocycles. The number of nitrogens with one attached hydrogen (secondary N) is 2. The number of fused-ring (bicyclic) bond motifs is 1. The van der Waals surface area contributed by atoms with Crippen molar-refractivity contribution in [2.24, 2.45) is 5.73 Å². The third-order valence-corrected chi connectivity index (χ3v) is 3.94. The summed E-state index contributed by atoms with van der Waals surface area (Å²) in [4.78, 5) is 19.3. The molecule has 0 fully saturated rings. The lowest BCUT2D eigenvalue weighted by Gasteiger charge is -2.09. The SMILES string of the molecule is NC(C(=O)NCCc1cc2ccccc2[nH]1)c1cscn1. The minimum absolute atomic E-state index is 0.197. The number of benzene rings is 1. The van der Waals surface area contributed by atoms with Gasteiger partial charge in [-0.15, -0.1) is 11.3 Å². The number of rotatable bonds is 5. The molecular formula is C15H16N4OS. The van der Waals surface area contributed by atoms with E-state index in [-0.39, 0.29) is 5.91 Å². The van der Waals surface area contributed by atoms with Crippen LogP contribution < -0.4 is 11.1 Å². The summed E-state index contributed by atoms with van der Waals surface area (Å²) in [6, 6.07) is 9.51. The van der Waals surface area contributed by atoms with Gasteiger partial charge in [-0.2, -0.15) is 0 Å². The maximum absolute atomic E-state index is 11.9. The Morgan fingerprint density at radius 1 is 1.43 bits per heavy atom. The van der Waals surface area contributed by atoms with E-state index in [1.54, 1.807) is 10.9 Å².